The van der Waals surface area contributed by atoms with Gasteiger partial charge in [-0.15, -0.1) is 6.42 Å². The molecule has 84 valence electrons. The molecule has 0 bridgehead atoms. The number of ether oxygens (including phenoxy) is 1. The second-order valence-corrected chi connectivity index (χ2v) is 3.79. The zero-order valence-corrected chi connectivity index (χ0v) is 8.98. The third-order valence-corrected chi connectivity index (χ3v) is 2.84. The normalized spacial score (nSPS) is 20.6. The van der Waals surface area contributed by atoms with Crippen LogP contribution in [0.25, 0.3) is 0 Å². The fraction of sp³-hybridized carbons (Fsp3) is 0.727. The molecular weight excluding hydrogens is 194 g/mol. The Bertz CT molecular complexity index is 251. The van der Waals surface area contributed by atoms with Crippen molar-refractivity contribution in [3.8, 4) is 12.3 Å². The van der Waals surface area contributed by atoms with Gasteiger partial charge in [0.25, 0.3) is 0 Å². The molecule has 0 radical (unpaired) electrons. The lowest BCUT2D eigenvalue weighted by atomic mass is 9.91. The number of rotatable bonds is 3. The van der Waals surface area contributed by atoms with E-state index in [9.17, 15) is 9.90 Å². The van der Waals surface area contributed by atoms with Gasteiger partial charge < -0.3 is 9.84 Å². The molecule has 15 heavy (non-hydrogen) atoms. The summed E-state index contributed by atoms with van der Waals surface area (Å²) in [6.07, 6.45) is 5.80. The highest BCUT2D eigenvalue weighted by Crippen LogP contribution is 2.21. The average Bonchev–Trinajstić information content (AvgIpc) is 2.28. The molecule has 1 rings (SSSR count). The molecule has 0 amide bonds. The number of likely N-dealkylation sites (tertiary alicyclic amines) is 1. The maximum absolute atomic E-state index is 11.1. The minimum Gasteiger partial charge on any atom is -0.467 e. The molecule has 1 N–H and O–H groups in total. The van der Waals surface area contributed by atoms with Gasteiger partial charge in [-0.2, -0.15) is 0 Å². The van der Waals surface area contributed by atoms with Crippen molar-refractivity contribution in [2.75, 3.05) is 26.7 Å². The molecule has 1 aliphatic heterocycles. The number of hydrogen-bond donors (Lipinski definition) is 1. The fourth-order valence-electron chi connectivity index (χ4n) is 1.87. The summed E-state index contributed by atoms with van der Waals surface area (Å²) in [6.45, 7) is 2.31. The minimum absolute atomic E-state index is 0.00599. The number of piperidine rings is 1. The number of esters is 1. The minimum atomic E-state index is -0.983. The van der Waals surface area contributed by atoms with Gasteiger partial charge in [-0.3, -0.25) is 4.90 Å². The molecule has 0 aliphatic carbocycles. The van der Waals surface area contributed by atoms with E-state index in [1.165, 1.54) is 7.11 Å². The second-order valence-electron chi connectivity index (χ2n) is 3.79. The Morgan fingerprint density at radius 2 is 2.27 bits per heavy atom. The highest BCUT2D eigenvalue weighted by molar-refractivity contribution is 5.74. The van der Waals surface area contributed by atoms with Gasteiger partial charge in [0.15, 0.2) is 6.10 Å². The number of terminal acetylenes is 1. The van der Waals surface area contributed by atoms with Crippen LogP contribution in [-0.4, -0.2) is 48.8 Å². The van der Waals surface area contributed by atoms with Crippen LogP contribution >= 0.6 is 0 Å². The molecular formula is C11H17NO3. The summed E-state index contributed by atoms with van der Waals surface area (Å²) >= 11 is 0. The molecule has 4 heteroatoms. The van der Waals surface area contributed by atoms with Crippen molar-refractivity contribution < 1.29 is 14.6 Å². The number of aliphatic hydroxyl groups is 1. The van der Waals surface area contributed by atoms with Gasteiger partial charge in [-0.1, -0.05) is 5.92 Å². The SMILES string of the molecule is C#CCN1CCC(C(O)C(=O)OC)CC1. The first-order chi connectivity index (χ1) is 7.19. The summed E-state index contributed by atoms with van der Waals surface area (Å²) < 4.78 is 4.50. The first kappa shape index (κ1) is 12.0. The van der Waals surface area contributed by atoms with Crippen molar-refractivity contribution in [1.82, 2.24) is 4.90 Å². The Morgan fingerprint density at radius 3 is 2.73 bits per heavy atom. The molecule has 1 heterocycles. The number of hydrogen-bond acceptors (Lipinski definition) is 4. The Morgan fingerprint density at radius 1 is 1.67 bits per heavy atom. The van der Waals surface area contributed by atoms with Crippen LogP contribution in [0.1, 0.15) is 12.8 Å². The lowest BCUT2D eigenvalue weighted by Gasteiger charge is -2.32. The molecule has 1 unspecified atom stereocenters. The molecule has 1 atom stereocenters. The molecule has 1 saturated heterocycles. The van der Waals surface area contributed by atoms with E-state index >= 15 is 0 Å². The van der Waals surface area contributed by atoms with Gasteiger partial charge in [0, 0.05) is 0 Å². The quantitative estimate of drug-likeness (QED) is 0.521. The summed E-state index contributed by atoms with van der Waals surface area (Å²) in [4.78, 5) is 13.2. The van der Waals surface area contributed by atoms with E-state index in [1.54, 1.807) is 0 Å². The molecule has 4 nitrogen and oxygen atoms in total. The third-order valence-electron chi connectivity index (χ3n) is 2.84. The molecule has 0 saturated carbocycles. The van der Waals surface area contributed by atoms with Crippen molar-refractivity contribution in [3.63, 3.8) is 0 Å². The first-order valence-electron chi connectivity index (χ1n) is 5.10. The van der Waals surface area contributed by atoms with Gasteiger partial charge in [0.1, 0.15) is 0 Å². The topological polar surface area (TPSA) is 49.8 Å². The Balaban J connectivity index is 2.37. The predicted molar refractivity (Wildman–Crippen MR) is 56.0 cm³/mol. The van der Waals surface area contributed by atoms with Crippen molar-refractivity contribution in [1.29, 1.82) is 0 Å². The summed E-state index contributed by atoms with van der Waals surface area (Å²) in [7, 11) is 1.29. The monoisotopic (exact) mass is 211 g/mol. The van der Waals surface area contributed by atoms with E-state index in [0.717, 1.165) is 25.9 Å². The van der Waals surface area contributed by atoms with E-state index in [0.29, 0.717) is 6.54 Å². The third kappa shape index (κ3) is 3.22. The number of nitrogens with zero attached hydrogens (tertiary/aromatic N) is 1. The van der Waals surface area contributed by atoms with E-state index in [4.69, 9.17) is 6.42 Å². The van der Waals surface area contributed by atoms with Crippen LogP contribution in [0.4, 0.5) is 0 Å². The van der Waals surface area contributed by atoms with Crippen LogP contribution in [0.2, 0.25) is 0 Å². The zero-order chi connectivity index (χ0) is 11.3. The lowest BCUT2D eigenvalue weighted by molar-refractivity contribution is -0.154. The van der Waals surface area contributed by atoms with Crippen molar-refractivity contribution in [2.24, 2.45) is 5.92 Å². The fourth-order valence-corrected chi connectivity index (χ4v) is 1.87. The van der Waals surface area contributed by atoms with Crippen LogP contribution in [-0.2, 0) is 9.53 Å². The number of methoxy groups -OCH3 is 1. The highest BCUT2D eigenvalue weighted by atomic mass is 16.5. The standard InChI is InChI=1S/C11H17NO3/c1-3-6-12-7-4-9(5-8-12)10(13)11(14)15-2/h1,9-10,13H,4-8H2,2H3. The molecule has 0 aromatic rings. The van der Waals surface area contributed by atoms with Crippen molar-refractivity contribution in [3.05, 3.63) is 0 Å². The number of carbonyl (C=O) groups excluding carboxylic acids is 1. The van der Waals surface area contributed by atoms with E-state index in [1.807, 2.05) is 0 Å². The van der Waals surface area contributed by atoms with Crippen LogP contribution in [0.3, 0.4) is 0 Å². The van der Waals surface area contributed by atoms with Gasteiger partial charge in [0.2, 0.25) is 0 Å². The summed E-state index contributed by atoms with van der Waals surface area (Å²) in [6, 6.07) is 0. The van der Waals surface area contributed by atoms with Crippen LogP contribution in [0.5, 0.6) is 0 Å². The summed E-state index contributed by atoms with van der Waals surface area (Å²) in [5.74, 6) is 2.06. The van der Waals surface area contributed by atoms with Gasteiger partial charge in [0.05, 0.1) is 13.7 Å². The van der Waals surface area contributed by atoms with E-state index in [-0.39, 0.29) is 5.92 Å². The summed E-state index contributed by atoms with van der Waals surface area (Å²) in [5.41, 5.74) is 0. The van der Waals surface area contributed by atoms with E-state index < -0.39 is 12.1 Å². The zero-order valence-electron chi connectivity index (χ0n) is 8.98. The number of aliphatic hydroxyl groups excluding tert-OH is 1. The van der Waals surface area contributed by atoms with Gasteiger partial charge in [-0.25, -0.2) is 4.79 Å². The molecule has 0 spiro atoms. The Labute approximate surface area is 90.2 Å². The Hall–Kier alpha value is -1.05. The maximum Gasteiger partial charge on any atom is 0.334 e. The average molecular weight is 211 g/mol. The van der Waals surface area contributed by atoms with Crippen LogP contribution in [0, 0.1) is 18.3 Å². The highest BCUT2D eigenvalue weighted by Gasteiger charge is 2.29. The number of carbonyl (C=O) groups is 1. The van der Waals surface area contributed by atoms with Crippen LogP contribution < -0.4 is 0 Å². The molecule has 0 aromatic heterocycles. The second kappa shape index (κ2) is 5.74. The largest absolute Gasteiger partial charge is 0.467 e. The first-order valence-corrected chi connectivity index (χ1v) is 5.10. The van der Waals surface area contributed by atoms with Gasteiger partial charge >= 0.3 is 5.97 Å². The lowest BCUT2D eigenvalue weighted by Crippen LogP contribution is -2.40. The predicted octanol–water partition coefficient (Wildman–Crippen LogP) is -0.135. The summed E-state index contributed by atoms with van der Waals surface area (Å²) in [5, 5.41) is 9.63. The molecule has 1 fully saturated rings. The van der Waals surface area contributed by atoms with Gasteiger partial charge in [-0.05, 0) is 31.8 Å². The van der Waals surface area contributed by atoms with Crippen LogP contribution in [0.15, 0.2) is 0 Å². The smallest absolute Gasteiger partial charge is 0.334 e. The maximum atomic E-state index is 11.1. The van der Waals surface area contributed by atoms with Crippen molar-refractivity contribution in [2.45, 2.75) is 18.9 Å². The molecule has 1 aliphatic rings. The van der Waals surface area contributed by atoms with Crippen molar-refractivity contribution >= 4 is 5.97 Å². The van der Waals surface area contributed by atoms with E-state index in [2.05, 4.69) is 15.6 Å². The molecule has 0 aromatic carbocycles. The Kier molecular flexibility index (Phi) is 4.60.